The maximum atomic E-state index is 11.0. The van der Waals surface area contributed by atoms with Gasteiger partial charge in [0.05, 0.1) is 10.6 Å². The standard InChI is InChI=1S/C8H6BrClN2O3/c9-6-2-1-5(12(14)15)3-7(6)11-8(13)4-10/h1-3H,4H2,(H,11,13). The van der Waals surface area contributed by atoms with E-state index in [4.69, 9.17) is 11.6 Å². The largest absolute Gasteiger partial charge is 0.324 e. The van der Waals surface area contributed by atoms with Crippen LogP contribution in [0.4, 0.5) is 11.4 Å². The molecule has 1 aromatic rings. The van der Waals surface area contributed by atoms with E-state index in [2.05, 4.69) is 21.2 Å². The summed E-state index contributed by atoms with van der Waals surface area (Å²) in [6, 6.07) is 4.08. The lowest BCUT2D eigenvalue weighted by Gasteiger charge is -2.04. The van der Waals surface area contributed by atoms with Crippen molar-refractivity contribution in [2.24, 2.45) is 0 Å². The third-order valence-electron chi connectivity index (χ3n) is 1.56. The monoisotopic (exact) mass is 292 g/mol. The fourth-order valence-corrected chi connectivity index (χ4v) is 1.32. The number of halogens is 2. The summed E-state index contributed by atoms with van der Waals surface area (Å²) in [5.74, 6) is -0.618. The molecule has 0 bridgehead atoms. The fraction of sp³-hybridized carbons (Fsp3) is 0.125. The van der Waals surface area contributed by atoms with E-state index in [0.717, 1.165) is 0 Å². The first-order valence-electron chi connectivity index (χ1n) is 3.84. The van der Waals surface area contributed by atoms with Gasteiger partial charge in [-0.05, 0) is 22.0 Å². The minimum atomic E-state index is -0.539. The van der Waals surface area contributed by atoms with Crippen LogP contribution in [0.5, 0.6) is 0 Å². The Kier molecular flexibility index (Phi) is 4.05. The lowest BCUT2D eigenvalue weighted by Crippen LogP contribution is -2.13. The molecule has 1 aromatic carbocycles. The van der Waals surface area contributed by atoms with E-state index >= 15 is 0 Å². The highest BCUT2D eigenvalue weighted by molar-refractivity contribution is 9.10. The molecule has 0 saturated heterocycles. The van der Waals surface area contributed by atoms with E-state index in [1.54, 1.807) is 0 Å². The minimum Gasteiger partial charge on any atom is -0.324 e. The molecule has 0 aliphatic heterocycles. The van der Waals surface area contributed by atoms with Gasteiger partial charge in [0.2, 0.25) is 5.91 Å². The smallest absolute Gasteiger partial charge is 0.271 e. The summed E-state index contributed by atoms with van der Waals surface area (Å²) in [5.41, 5.74) is 0.234. The molecule has 0 aliphatic carbocycles. The number of rotatable bonds is 3. The number of hydrogen-bond donors (Lipinski definition) is 1. The molecule has 0 saturated carbocycles. The summed E-state index contributed by atoms with van der Waals surface area (Å²) in [6.07, 6.45) is 0. The summed E-state index contributed by atoms with van der Waals surface area (Å²) >= 11 is 8.45. The number of hydrogen-bond acceptors (Lipinski definition) is 3. The van der Waals surface area contributed by atoms with Gasteiger partial charge in [-0.2, -0.15) is 0 Å². The highest BCUT2D eigenvalue weighted by Crippen LogP contribution is 2.26. The zero-order valence-electron chi connectivity index (χ0n) is 7.37. The molecule has 15 heavy (non-hydrogen) atoms. The normalized spacial score (nSPS) is 9.73. The Labute approximate surface area is 98.7 Å². The molecule has 1 amide bonds. The van der Waals surface area contributed by atoms with Gasteiger partial charge in [-0.25, -0.2) is 0 Å². The number of nitro groups is 1. The van der Waals surface area contributed by atoms with Crippen molar-refractivity contribution < 1.29 is 9.72 Å². The number of nitrogens with zero attached hydrogens (tertiary/aromatic N) is 1. The first kappa shape index (κ1) is 11.9. The average Bonchev–Trinajstić information content (AvgIpc) is 2.20. The van der Waals surface area contributed by atoms with Gasteiger partial charge >= 0.3 is 0 Å². The summed E-state index contributed by atoms with van der Waals surface area (Å²) < 4.78 is 0.562. The van der Waals surface area contributed by atoms with Crippen molar-refractivity contribution in [1.29, 1.82) is 0 Å². The van der Waals surface area contributed by atoms with Crippen LogP contribution in [-0.2, 0) is 4.79 Å². The maximum Gasteiger partial charge on any atom is 0.271 e. The van der Waals surface area contributed by atoms with Crippen molar-refractivity contribution in [3.63, 3.8) is 0 Å². The quantitative estimate of drug-likeness (QED) is 0.529. The zero-order valence-corrected chi connectivity index (χ0v) is 9.71. The van der Waals surface area contributed by atoms with Crippen LogP contribution in [0.2, 0.25) is 0 Å². The number of anilines is 1. The Morgan fingerprint density at radius 2 is 2.27 bits per heavy atom. The van der Waals surface area contributed by atoms with Crippen molar-refractivity contribution >= 4 is 44.8 Å². The number of carbonyl (C=O) groups excluding carboxylic acids is 1. The molecule has 0 unspecified atom stereocenters. The Balaban J connectivity index is 3.00. The van der Waals surface area contributed by atoms with Gasteiger partial charge < -0.3 is 5.32 Å². The molecule has 0 atom stereocenters. The van der Waals surface area contributed by atoms with Gasteiger partial charge in [0.15, 0.2) is 0 Å². The highest BCUT2D eigenvalue weighted by Gasteiger charge is 2.10. The Bertz CT molecular complexity index is 411. The van der Waals surface area contributed by atoms with Crippen molar-refractivity contribution in [3.05, 3.63) is 32.8 Å². The first-order chi connectivity index (χ1) is 7.04. The second-order valence-corrected chi connectivity index (χ2v) is 3.72. The SMILES string of the molecule is O=C(CCl)Nc1cc([N+](=O)[O-])ccc1Br. The minimum absolute atomic E-state index is 0.0944. The predicted octanol–water partition coefficient (Wildman–Crippen LogP) is 2.53. The molecular weight excluding hydrogens is 287 g/mol. The third kappa shape index (κ3) is 3.17. The van der Waals surface area contributed by atoms with Gasteiger partial charge in [-0.3, -0.25) is 14.9 Å². The van der Waals surface area contributed by atoms with Crippen LogP contribution < -0.4 is 5.32 Å². The summed E-state index contributed by atoms with van der Waals surface area (Å²) in [6.45, 7) is 0. The van der Waals surface area contributed by atoms with Crippen LogP contribution in [-0.4, -0.2) is 16.7 Å². The van der Waals surface area contributed by atoms with Gasteiger partial charge in [-0.15, -0.1) is 11.6 Å². The first-order valence-corrected chi connectivity index (χ1v) is 5.17. The van der Waals surface area contributed by atoms with E-state index in [1.807, 2.05) is 0 Å². The Morgan fingerprint density at radius 1 is 1.60 bits per heavy atom. The zero-order chi connectivity index (χ0) is 11.4. The molecule has 1 rings (SSSR count). The van der Waals surface area contributed by atoms with Crippen LogP contribution in [0.15, 0.2) is 22.7 Å². The Morgan fingerprint density at radius 3 is 2.80 bits per heavy atom. The number of nitrogens with one attached hydrogen (secondary N) is 1. The molecule has 0 heterocycles. The number of amides is 1. The van der Waals surface area contributed by atoms with E-state index in [9.17, 15) is 14.9 Å². The van der Waals surface area contributed by atoms with Gasteiger partial charge in [-0.1, -0.05) is 0 Å². The van der Waals surface area contributed by atoms with Crippen molar-refractivity contribution in [3.8, 4) is 0 Å². The molecular formula is C8H6BrClN2O3. The highest BCUT2D eigenvalue weighted by atomic mass is 79.9. The molecule has 0 aromatic heterocycles. The molecule has 0 fully saturated rings. The van der Waals surface area contributed by atoms with E-state index in [0.29, 0.717) is 10.2 Å². The number of non-ortho nitro benzene ring substituents is 1. The van der Waals surface area contributed by atoms with Crippen LogP contribution >= 0.6 is 27.5 Å². The summed E-state index contributed by atoms with van der Waals surface area (Å²) in [5, 5.41) is 12.9. The molecule has 5 nitrogen and oxygen atoms in total. The van der Waals surface area contributed by atoms with Crippen molar-refractivity contribution in [1.82, 2.24) is 0 Å². The predicted molar refractivity (Wildman–Crippen MR) is 60.1 cm³/mol. The molecule has 0 radical (unpaired) electrons. The lowest BCUT2D eigenvalue weighted by molar-refractivity contribution is -0.384. The number of carbonyl (C=O) groups is 1. The van der Waals surface area contributed by atoms with Crippen molar-refractivity contribution in [2.45, 2.75) is 0 Å². The second-order valence-electron chi connectivity index (χ2n) is 2.60. The number of alkyl halides is 1. The number of nitro benzene ring substituents is 1. The molecule has 0 aliphatic rings. The summed E-state index contributed by atoms with van der Waals surface area (Å²) in [7, 11) is 0. The van der Waals surface area contributed by atoms with E-state index in [-0.39, 0.29) is 11.6 Å². The number of benzene rings is 1. The van der Waals surface area contributed by atoms with Crippen LogP contribution in [0.1, 0.15) is 0 Å². The van der Waals surface area contributed by atoms with Gasteiger partial charge in [0, 0.05) is 16.6 Å². The second kappa shape index (κ2) is 5.09. The lowest BCUT2D eigenvalue weighted by atomic mass is 10.3. The van der Waals surface area contributed by atoms with E-state index < -0.39 is 10.8 Å². The van der Waals surface area contributed by atoms with Crippen molar-refractivity contribution in [2.75, 3.05) is 11.2 Å². The molecule has 1 N–H and O–H groups in total. The fourth-order valence-electron chi connectivity index (χ4n) is 0.906. The van der Waals surface area contributed by atoms with Crippen LogP contribution in [0.25, 0.3) is 0 Å². The molecule has 7 heteroatoms. The topological polar surface area (TPSA) is 72.2 Å². The third-order valence-corrected chi connectivity index (χ3v) is 2.49. The van der Waals surface area contributed by atoms with E-state index in [1.165, 1.54) is 18.2 Å². The summed E-state index contributed by atoms with van der Waals surface area (Å²) in [4.78, 5) is 20.9. The maximum absolute atomic E-state index is 11.0. The average molecular weight is 294 g/mol. The van der Waals surface area contributed by atoms with Gasteiger partial charge in [0.25, 0.3) is 5.69 Å². The molecule has 80 valence electrons. The van der Waals surface area contributed by atoms with Crippen LogP contribution in [0.3, 0.4) is 0 Å². The van der Waals surface area contributed by atoms with Gasteiger partial charge in [0.1, 0.15) is 5.88 Å². The Hall–Kier alpha value is -1.14. The van der Waals surface area contributed by atoms with Crippen LogP contribution in [0, 0.1) is 10.1 Å². The molecule has 0 spiro atoms.